The van der Waals surface area contributed by atoms with Crippen molar-refractivity contribution in [1.82, 2.24) is 10.3 Å². The third-order valence-corrected chi connectivity index (χ3v) is 3.88. The summed E-state index contributed by atoms with van der Waals surface area (Å²) < 4.78 is 5.29. The molecule has 0 spiro atoms. The zero-order valence-electron chi connectivity index (χ0n) is 11.5. The van der Waals surface area contributed by atoms with Crippen LogP contribution in [0.25, 0.3) is 0 Å². The zero-order valence-corrected chi connectivity index (χ0v) is 11.5. The first-order valence-electron chi connectivity index (χ1n) is 7.07. The van der Waals surface area contributed by atoms with E-state index in [9.17, 15) is 0 Å². The summed E-state index contributed by atoms with van der Waals surface area (Å²) in [5, 5.41) is 3.64. The summed E-state index contributed by atoms with van der Waals surface area (Å²) in [7, 11) is 1.70. The van der Waals surface area contributed by atoms with Gasteiger partial charge in [0.25, 0.3) is 0 Å². The summed E-state index contributed by atoms with van der Waals surface area (Å²) in [6.45, 7) is 3.23. The normalized spacial score (nSPS) is 24.6. The molecule has 0 radical (unpaired) electrons. The minimum atomic E-state index is 0.579. The van der Waals surface area contributed by atoms with Crippen LogP contribution in [-0.4, -0.2) is 24.7 Å². The van der Waals surface area contributed by atoms with E-state index in [-0.39, 0.29) is 0 Å². The Labute approximate surface area is 110 Å². The van der Waals surface area contributed by atoms with Crippen LogP contribution in [0.3, 0.4) is 0 Å². The molecule has 18 heavy (non-hydrogen) atoms. The maximum absolute atomic E-state index is 5.29. The second kappa shape index (κ2) is 6.74. The van der Waals surface area contributed by atoms with Gasteiger partial charge in [0.15, 0.2) is 0 Å². The summed E-state index contributed by atoms with van der Waals surface area (Å²) in [5.74, 6) is 1.45. The molecule has 3 nitrogen and oxygen atoms in total. The Kier molecular flexibility index (Phi) is 5.00. The molecular weight excluding hydrogens is 224 g/mol. The molecule has 0 saturated heterocycles. The fourth-order valence-electron chi connectivity index (χ4n) is 2.96. The molecule has 1 fully saturated rings. The van der Waals surface area contributed by atoms with Gasteiger partial charge in [-0.25, -0.2) is 0 Å². The molecule has 2 rings (SSSR count). The van der Waals surface area contributed by atoms with Crippen LogP contribution >= 0.6 is 0 Å². The van der Waals surface area contributed by atoms with Crippen molar-refractivity contribution in [2.45, 2.75) is 51.0 Å². The van der Waals surface area contributed by atoms with E-state index in [2.05, 4.69) is 23.3 Å². The highest BCUT2D eigenvalue weighted by Gasteiger charge is 2.24. The van der Waals surface area contributed by atoms with E-state index >= 15 is 0 Å². The summed E-state index contributed by atoms with van der Waals surface area (Å²) in [6.07, 6.45) is 10.3. The molecular formula is C15H24N2O. The smallest absolute Gasteiger partial charge is 0.137 e. The van der Waals surface area contributed by atoms with Crippen molar-refractivity contribution in [3.05, 3.63) is 24.0 Å². The maximum atomic E-state index is 5.29. The average molecular weight is 248 g/mol. The van der Waals surface area contributed by atoms with Gasteiger partial charge in [-0.1, -0.05) is 26.2 Å². The zero-order chi connectivity index (χ0) is 12.8. The van der Waals surface area contributed by atoms with E-state index in [4.69, 9.17) is 4.74 Å². The summed E-state index contributed by atoms with van der Waals surface area (Å²) >= 11 is 0. The van der Waals surface area contributed by atoms with E-state index in [1.807, 2.05) is 6.20 Å². The minimum absolute atomic E-state index is 0.579. The van der Waals surface area contributed by atoms with Crippen molar-refractivity contribution < 1.29 is 4.74 Å². The highest BCUT2D eigenvalue weighted by molar-refractivity contribution is 5.27. The Balaban J connectivity index is 2.19. The molecule has 2 unspecified atom stereocenters. The molecule has 1 aliphatic rings. The summed E-state index contributed by atoms with van der Waals surface area (Å²) in [4.78, 5) is 4.30. The Morgan fingerprint density at radius 1 is 1.28 bits per heavy atom. The quantitative estimate of drug-likeness (QED) is 0.831. The Bertz CT molecular complexity index is 367. The first kappa shape index (κ1) is 13.3. The number of nitrogens with zero attached hydrogens (tertiary/aromatic N) is 1. The molecule has 0 bridgehead atoms. The predicted molar refractivity (Wildman–Crippen MR) is 74.1 cm³/mol. The number of ether oxygens (including phenoxy) is 1. The number of rotatable bonds is 4. The molecule has 0 aliphatic heterocycles. The van der Waals surface area contributed by atoms with E-state index in [0.717, 1.165) is 12.3 Å². The van der Waals surface area contributed by atoms with Crippen LogP contribution in [0.2, 0.25) is 0 Å². The second-order valence-corrected chi connectivity index (χ2v) is 5.07. The fourth-order valence-corrected chi connectivity index (χ4v) is 2.96. The topological polar surface area (TPSA) is 34.2 Å². The number of hydrogen-bond acceptors (Lipinski definition) is 3. The van der Waals surface area contributed by atoms with E-state index in [0.29, 0.717) is 12.0 Å². The highest BCUT2D eigenvalue weighted by atomic mass is 16.5. The van der Waals surface area contributed by atoms with Gasteiger partial charge >= 0.3 is 0 Å². The summed E-state index contributed by atoms with van der Waals surface area (Å²) in [5.41, 5.74) is 1.32. The van der Waals surface area contributed by atoms with Crippen LogP contribution in [0.1, 0.15) is 50.5 Å². The second-order valence-electron chi connectivity index (χ2n) is 5.07. The van der Waals surface area contributed by atoms with Gasteiger partial charge in [0.1, 0.15) is 5.75 Å². The third kappa shape index (κ3) is 3.22. The van der Waals surface area contributed by atoms with E-state index < -0.39 is 0 Å². The molecule has 3 heteroatoms. The molecule has 0 aromatic carbocycles. The molecule has 1 saturated carbocycles. The van der Waals surface area contributed by atoms with Gasteiger partial charge < -0.3 is 10.1 Å². The standard InChI is InChI=1S/C15H24N2O/c1-3-17-15-8-6-4-5-7-14(15)12-9-13(18-2)11-16-10-12/h9-11,14-15,17H,3-8H2,1-2H3. The van der Waals surface area contributed by atoms with Crippen molar-refractivity contribution in [2.24, 2.45) is 0 Å². The van der Waals surface area contributed by atoms with Crippen molar-refractivity contribution in [3.63, 3.8) is 0 Å². The SMILES string of the molecule is CCNC1CCCCCC1c1cncc(OC)c1. The van der Waals surface area contributed by atoms with Gasteiger partial charge in [-0.3, -0.25) is 4.98 Å². The lowest BCUT2D eigenvalue weighted by Crippen LogP contribution is -2.34. The van der Waals surface area contributed by atoms with Gasteiger partial charge in [0.05, 0.1) is 13.3 Å². The molecule has 1 aromatic rings. The van der Waals surface area contributed by atoms with Crippen LogP contribution in [0.5, 0.6) is 5.75 Å². The molecule has 100 valence electrons. The number of pyridine rings is 1. The molecule has 1 heterocycles. The van der Waals surface area contributed by atoms with Crippen LogP contribution in [0, 0.1) is 0 Å². The van der Waals surface area contributed by atoms with Crippen LogP contribution in [0.15, 0.2) is 18.5 Å². The molecule has 1 N–H and O–H groups in total. The van der Waals surface area contributed by atoms with Crippen molar-refractivity contribution in [1.29, 1.82) is 0 Å². The number of likely N-dealkylation sites (N-methyl/N-ethyl adjacent to an activating group) is 1. The van der Waals surface area contributed by atoms with Crippen LogP contribution in [-0.2, 0) is 0 Å². The molecule has 2 atom stereocenters. The van der Waals surface area contributed by atoms with Gasteiger partial charge in [0, 0.05) is 18.2 Å². The first-order chi connectivity index (χ1) is 8.85. The highest BCUT2D eigenvalue weighted by Crippen LogP contribution is 2.32. The maximum Gasteiger partial charge on any atom is 0.137 e. The predicted octanol–water partition coefficient (Wildman–Crippen LogP) is 3.12. The van der Waals surface area contributed by atoms with Gasteiger partial charge in [-0.2, -0.15) is 0 Å². The van der Waals surface area contributed by atoms with Crippen molar-refractivity contribution in [3.8, 4) is 5.75 Å². The average Bonchev–Trinajstić information content (AvgIpc) is 2.65. The largest absolute Gasteiger partial charge is 0.495 e. The van der Waals surface area contributed by atoms with Gasteiger partial charge in [-0.05, 0) is 31.0 Å². The molecule has 1 aromatic heterocycles. The lowest BCUT2D eigenvalue weighted by molar-refractivity contribution is 0.402. The number of methoxy groups -OCH3 is 1. The van der Waals surface area contributed by atoms with E-state index in [1.54, 1.807) is 13.3 Å². The van der Waals surface area contributed by atoms with Crippen molar-refractivity contribution >= 4 is 0 Å². The Morgan fingerprint density at radius 3 is 2.89 bits per heavy atom. The third-order valence-electron chi connectivity index (χ3n) is 3.88. The fraction of sp³-hybridized carbons (Fsp3) is 0.667. The van der Waals surface area contributed by atoms with Gasteiger partial charge in [-0.15, -0.1) is 0 Å². The van der Waals surface area contributed by atoms with Crippen LogP contribution in [0.4, 0.5) is 0 Å². The van der Waals surface area contributed by atoms with Gasteiger partial charge in [0.2, 0.25) is 0 Å². The lowest BCUT2D eigenvalue weighted by atomic mass is 9.88. The number of nitrogens with one attached hydrogen (secondary N) is 1. The minimum Gasteiger partial charge on any atom is -0.495 e. The Morgan fingerprint density at radius 2 is 2.11 bits per heavy atom. The van der Waals surface area contributed by atoms with Crippen molar-refractivity contribution in [2.75, 3.05) is 13.7 Å². The number of aromatic nitrogens is 1. The molecule has 1 aliphatic carbocycles. The van der Waals surface area contributed by atoms with E-state index in [1.165, 1.54) is 37.7 Å². The number of hydrogen-bond donors (Lipinski definition) is 1. The summed E-state index contributed by atoms with van der Waals surface area (Å²) in [6, 6.07) is 2.74. The van der Waals surface area contributed by atoms with Crippen LogP contribution < -0.4 is 10.1 Å². The monoisotopic (exact) mass is 248 g/mol. The lowest BCUT2D eigenvalue weighted by Gasteiger charge is -2.26. The first-order valence-corrected chi connectivity index (χ1v) is 7.07. The molecule has 0 amide bonds. The Hall–Kier alpha value is -1.09.